The minimum atomic E-state index is -4.39. The molecule has 1 N–H and O–H groups in total. The standard InChI is InChI=1S/C57H106NO8P/c1-6-8-10-12-14-16-18-20-22-24-26-27-28-29-30-31-32-34-36-38-40-42-44-46-48-50-57(60)66-55(54-65-67(61,62)64-52-51-58(3,4)5)53-63-56(59)49-47-45-43-41-39-37-35-33-25-23-21-19-17-15-13-11-9-7-2/h17-20,23-26,55H,6-16,21-22,27-54H2,1-5H3/p+1/b19-17-,20-18-,25-23-,26-24-. The molecule has 0 aromatic rings. The summed E-state index contributed by atoms with van der Waals surface area (Å²) in [7, 11) is 1.47. The normalized spacial score (nSPS) is 13.7. The van der Waals surface area contributed by atoms with Crippen molar-refractivity contribution in [1.29, 1.82) is 0 Å². The monoisotopic (exact) mass is 965 g/mol. The zero-order chi connectivity index (χ0) is 49.2. The van der Waals surface area contributed by atoms with Crippen LogP contribution in [0.25, 0.3) is 0 Å². The first-order chi connectivity index (χ1) is 32.5. The van der Waals surface area contributed by atoms with E-state index in [0.29, 0.717) is 17.4 Å². The van der Waals surface area contributed by atoms with E-state index >= 15 is 0 Å². The number of quaternary nitrogens is 1. The third-order valence-corrected chi connectivity index (χ3v) is 13.1. The van der Waals surface area contributed by atoms with Gasteiger partial charge in [0.15, 0.2) is 6.10 Å². The number of unbranched alkanes of at least 4 members (excludes halogenated alkanes) is 29. The molecule has 0 bridgehead atoms. The molecule has 2 atom stereocenters. The Bertz CT molecular complexity index is 1270. The number of phosphoric ester groups is 1. The molecule has 10 heteroatoms. The summed E-state index contributed by atoms with van der Waals surface area (Å²) in [5, 5.41) is 0. The number of phosphoric acid groups is 1. The molecule has 2 unspecified atom stereocenters. The number of nitrogens with zero attached hydrogens (tertiary/aromatic N) is 1. The van der Waals surface area contributed by atoms with Crippen molar-refractivity contribution in [2.45, 2.75) is 258 Å². The summed E-state index contributed by atoms with van der Waals surface area (Å²) in [5.41, 5.74) is 0. The first-order valence-electron chi connectivity index (χ1n) is 27.9. The van der Waals surface area contributed by atoms with Crippen molar-refractivity contribution in [3.63, 3.8) is 0 Å². The van der Waals surface area contributed by atoms with E-state index in [1.807, 2.05) is 21.1 Å². The maximum Gasteiger partial charge on any atom is 0.472 e. The molecule has 0 aliphatic heterocycles. The van der Waals surface area contributed by atoms with Crippen molar-refractivity contribution in [2.24, 2.45) is 0 Å². The molecule has 0 saturated carbocycles. The van der Waals surface area contributed by atoms with Gasteiger partial charge in [0, 0.05) is 12.8 Å². The van der Waals surface area contributed by atoms with Gasteiger partial charge in [0.25, 0.3) is 0 Å². The van der Waals surface area contributed by atoms with Crippen LogP contribution in [0.3, 0.4) is 0 Å². The van der Waals surface area contributed by atoms with E-state index in [4.69, 9.17) is 18.5 Å². The Morgan fingerprint density at radius 2 is 0.806 bits per heavy atom. The van der Waals surface area contributed by atoms with Crippen LogP contribution in [-0.2, 0) is 32.7 Å². The highest BCUT2D eigenvalue weighted by molar-refractivity contribution is 7.47. The Balaban J connectivity index is 4.19. The van der Waals surface area contributed by atoms with E-state index in [0.717, 1.165) is 57.8 Å². The molecule has 0 aromatic heterocycles. The van der Waals surface area contributed by atoms with Gasteiger partial charge in [-0.3, -0.25) is 18.6 Å². The zero-order valence-electron chi connectivity index (χ0n) is 44.4. The topological polar surface area (TPSA) is 108 Å². The van der Waals surface area contributed by atoms with Crippen molar-refractivity contribution in [1.82, 2.24) is 0 Å². The van der Waals surface area contributed by atoms with Crippen molar-refractivity contribution < 1.29 is 42.1 Å². The lowest BCUT2D eigenvalue weighted by Crippen LogP contribution is -2.37. The molecule has 0 heterocycles. The van der Waals surface area contributed by atoms with E-state index in [1.165, 1.54) is 161 Å². The number of hydrogen-bond donors (Lipinski definition) is 1. The number of allylic oxidation sites excluding steroid dienone is 8. The number of rotatable bonds is 51. The second-order valence-electron chi connectivity index (χ2n) is 20.0. The molecule has 9 nitrogen and oxygen atoms in total. The molecule has 0 rings (SSSR count). The van der Waals surface area contributed by atoms with Gasteiger partial charge in [-0.15, -0.1) is 0 Å². The molecule has 67 heavy (non-hydrogen) atoms. The van der Waals surface area contributed by atoms with Crippen LogP contribution >= 0.6 is 7.82 Å². The highest BCUT2D eigenvalue weighted by atomic mass is 31.2. The van der Waals surface area contributed by atoms with Crippen LogP contribution in [-0.4, -0.2) is 74.9 Å². The van der Waals surface area contributed by atoms with Gasteiger partial charge in [-0.25, -0.2) is 4.57 Å². The first kappa shape index (κ1) is 65.0. The summed E-state index contributed by atoms with van der Waals surface area (Å²) in [6, 6.07) is 0. The third-order valence-electron chi connectivity index (χ3n) is 12.1. The highest BCUT2D eigenvalue weighted by Gasteiger charge is 2.27. The maximum atomic E-state index is 12.8. The van der Waals surface area contributed by atoms with Gasteiger partial charge >= 0.3 is 19.8 Å². The number of hydrogen-bond acceptors (Lipinski definition) is 7. The van der Waals surface area contributed by atoms with Gasteiger partial charge in [-0.1, -0.05) is 210 Å². The number of carbonyl (C=O) groups excluding carboxylic acids is 2. The first-order valence-corrected chi connectivity index (χ1v) is 29.4. The smallest absolute Gasteiger partial charge is 0.462 e. The molecular weight excluding hydrogens is 858 g/mol. The predicted molar refractivity (Wildman–Crippen MR) is 284 cm³/mol. The minimum absolute atomic E-state index is 0.0298. The van der Waals surface area contributed by atoms with E-state index < -0.39 is 26.5 Å². The second-order valence-corrected chi connectivity index (χ2v) is 21.4. The van der Waals surface area contributed by atoms with Gasteiger partial charge in [0.05, 0.1) is 27.7 Å². The highest BCUT2D eigenvalue weighted by Crippen LogP contribution is 2.43. The number of carbonyl (C=O) groups is 2. The van der Waals surface area contributed by atoms with Gasteiger partial charge in [-0.05, 0) is 77.0 Å². The van der Waals surface area contributed by atoms with Crippen molar-refractivity contribution in [2.75, 3.05) is 47.5 Å². The summed E-state index contributed by atoms with van der Waals surface area (Å²) in [6.45, 7) is 4.42. The van der Waals surface area contributed by atoms with E-state index in [-0.39, 0.29) is 32.0 Å². The van der Waals surface area contributed by atoms with E-state index in [1.54, 1.807) is 0 Å². The Hall–Kier alpha value is -2.03. The molecule has 0 radical (unpaired) electrons. The fourth-order valence-corrected chi connectivity index (χ4v) is 8.46. The summed E-state index contributed by atoms with van der Waals surface area (Å²) in [6.07, 6.45) is 60.2. The van der Waals surface area contributed by atoms with Crippen LogP contribution in [0, 0.1) is 0 Å². The summed E-state index contributed by atoms with van der Waals surface area (Å²) in [4.78, 5) is 35.6. The van der Waals surface area contributed by atoms with Crippen molar-refractivity contribution in [3.05, 3.63) is 48.6 Å². The number of ether oxygens (including phenoxy) is 2. The molecule has 392 valence electrons. The second kappa shape index (κ2) is 49.0. The Morgan fingerprint density at radius 1 is 0.463 bits per heavy atom. The summed E-state index contributed by atoms with van der Waals surface area (Å²) in [5.74, 6) is -0.801. The molecule has 0 amide bonds. The lowest BCUT2D eigenvalue weighted by atomic mass is 10.0. The van der Waals surface area contributed by atoms with Crippen LogP contribution in [0.2, 0.25) is 0 Å². The SMILES string of the molecule is CCCCCC/C=C\C/C=C\CCCCCCCCCC(=O)OCC(COP(=O)(O)OCC[N+](C)(C)C)OC(=O)CCCCCCCCCCCCCCC/C=C\C/C=C\CCCCCCC. The van der Waals surface area contributed by atoms with Crippen LogP contribution in [0.1, 0.15) is 251 Å². The molecule has 0 spiro atoms. The third kappa shape index (κ3) is 53.2. The van der Waals surface area contributed by atoms with Gasteiger partial charge in [-0.2, -0.15) is 0 Å². The zero-order valence-corrected chi connectivity index (χ0v) is 45.3. The van der Waals surface area contributed by atoms with Crippen molar-refractivity contribution >= 4 is 19.8 Å². The van der Waals surface area contributed by atoms with Gasteiger partial charge in [0.2, 0.25) is 0 Å². The average molecular weight is 965 g/mol. The lowest BCUT2D eigenvalue weighted by molar-refractivity contribution is -0.870. The molecule has 0 aliphatic rings. The Morgan fingerprint density at radius 3 is 1.19 bits per heavy atom. The lowest BCUT2D eigenvalue weighted by Gasteiger charge is -2.24. The van der Waals surface area contributed by atoms with Crippen LogP contribution < -0.4 is 0 Å². The van der Waals surface area contributed by atoms with Gasteiger partial charge < -0.3 is 18.9 Å². The van der Waals surface area contributed by atoms with Gasteiger partial charge in [0.1, 0.15) is 19.8 Å². The predicted octanol–water partition coefficient (Wildman–Crippen LogP) is 17.0. The van der Waals surface area contributed by atoms with Crippen molar-refractivity contribution in [3.8, 4) is 0 Å². The van der Waals surface area contributed by atoms with E-state index in [2.05, 4.69) is 62.5 Å². The van der Waals surface area contributed by atoms with Crippen LogP contribution in [0.5, 0.6) is 0 Å². The number of likely N-dealkylation sites (N-methyl/N-ethyl adjacent to an activating group) is 1. The minimum Gasteiger partial charge on any atom is -0.462 e. The molecule has 0 saturated heterocycles. The Kier molecular flexibility index (Phi) is 47.5. The summed E-state index contributed by atoms with van der Waals surface area (Å²) < 4.78 is 34.5. The summed E-state index contributed by atoms with van der Waals surface area (Å²) >= 11 is 0. The molecule has 0 fully saturated rings. The Labute approximate surface area is 414 Å². The van der Waals surface area contributed by atoms with Crippen LogP contribution in [0.4, 0.5) is 0 Å². The fraction of sp³-hybridized carbons (Fsp3) is 0.825. The average Bonchev–Trinajstić information content (AvgIpc) is 3.29. The van der Waals surface area contributed by atoms with Crippen LogP contribution in [0.15, 0.2) is 48.6 Å². The largest absolute Gasteiger partial charge is 0.472 e. The quantitative estimate of drug-likeness (QED) is 0.0211. The maximum absolute atomic E-state index is 12.8. The fourth-order valence-electron chi connectivity index (χ4n) is 7.72. The van der Waals surface area contributed by atoms with E-state index in [9.17, 15) is 19.0 Å². The number of esters is 2. The molecular formula is C57H107NO8P+. The molecule has 0 aromatic carbocycles. The molecule has 0 aliphatic carbocycles.